The molecule has 0 aromatic heterocycles. The minimum Gasteiger partial charge on any atom is -0.369 e. The van der Waals surface area contributed by atoms with Crippen LogP contribution in [-0.4, -0.2) is 12.6 Å². The zero-order valence-electron chi connectivity index (χ0n) is 10.9. The predicted molar refractivity (Wildman–Crippen MR) is 71.8 cm³/mol. The number of benzene rings is 1. The van der Waals surface area contributed by atoms with Crippen LogP contribution in [0.2, 0.25) is 0 Å². The fourth-order valence-electron chi connectivity index (χ4n) is 2.07. The number of nitrogens with two attached hydrogens (primary N) is 1. The van der Waals surface area contributed by atoms with Crippen LogP contribution in [0.25, 0.3) is 0 Å². The van der Waals surface area contributed by atoms with Gasteiger partial charge in [-0.2, -0.15) is 0 Å². The van der Waals surface area contributed by atoms with Crippen LogP contribution in [-0.2, 0) is 0 Å². The first kappa shape index (κ1) is 13.0. The molecule has 1 aromatic carbocycles. The summed E-state index contributed by atoms with van der Waals surface area (Å²) in [6.45, 7) is 9.76. The lowest BCUT2D eigenvalue weighted by Crippen LogP contribution is -2.33. The molecular formula is C14H24N2. The summed E-state index contributed by atoms with van der Waals surface area (Å²) >= 11 is 0. The highest BCUT2D eigenvalue weighted by atomic mass is 15.2. The molecule has 16 heavy (non-hydrogen) atoms. The predicted octanol–water partition coefficient (Wildman–Crippen LogP) is 3.33. The Balaban J connectivity index is 3.09. The quantitative estimate of drug-likeness (QED) is 0.824. The molecule has 0 saturated carbocycles. The van der Waals surface area contributed by atoms with Gasteiger partial charge in [-0.1, -0.05) is 25.1 Å². The Morgan fingerprint density at radius 1 is 1.19 bits per heavy atom. The molecule has 2 nitrogen and oxygen atoms in total. The van der Waals surface area contributed by atoms with Crippen LogP contribution in [0.1, 0.15) is 45.7 Å². The van der Waals surface area contributed by atoms with E-state index in [4.69, 9.17) is 5.73 Å². The molecule has 1 aromatic rings. The average molecular weight is 220 g/mol. The van der Waals surface area contributed by atoms with E-state index >= 15 is 0 Å². The highest BCUT2D eigenvalue weighted by molar-refractivity contribution is 5.55. The van der Waals surface area contributed by atoms with Crippen LogP contribution in [0, 0.1) is 0 Å². The molecule has 0 radical (unpaired) electrons. The van der Waals surface area contributed by atoms with Crippen molar-refractivity contribution in [3.8, 4) is 0 Å². The number of hydrogen-bond donors (Lipinski definition) is 1. The van der Waals surface area contributed by atoms with Crippen LogP contribution < -0.4 is 10.6 Å². The summed E-state index contributed by atoms with van der Waals surface area (Å²) in [5.41, 5.74) is 8.55. The van der Waals surface area contributed by atoms with Crippen molar-refractivity contribution in [2.75, 3.05) is 11.4 Å². The van der Waals surface area contributed by atoms with Gasteiger partial charge < -0.3 is 10.6 Å². The summed E-state index contributed by atoms with van der Waals surface area (Å²) in [6.07, 6.45) is 1.15. The summed E-state index contributed by atoms with van der Waals surface area (Å²) in [5, 5.41) is 0. The van der Waals surface area contributed by atoms with E-state index in [-0.39, 0.29) is 6.04 Å². The lowest BCUT2D eigenvalue weighted by molar-refractivity contribution is 0.624. The van der Waals surface area contributed by atoms with Gasteiger partial charge in [-0.3, -0.25) is 0 Å². The second-order valence-corrected chi connectivity index (χ2v) is 4.39. The van der Waals surface area contributed by atoms with Gasteiger partial charge in [-0.05, 0) is 38.8 Å². The Morgan fingerprint density at radius 2 is 1.81 bits per heavy atom. The van der Waals surface area contributed by atoms with Crippen molar-refractivity contribution in [3.63, 3.8) is 0 Å². The van der Waals surface area contributed by atoms with Crippen LogP contribution in [0.4, 0.5) is 5.69 Å². The van der Waals surface area contributed by atoms with E-state index in [1.165, 1.54) is 11.3 Å². The van der Waals surface area contributed by atoms with E-state index in [2.05, 4.69) is 49.9 Å². The lowest BCUT2D eigenvalue weighted by atomic mass is 10.0. The summed E-state index contributed by atoms with van der Waals surface area (Å²) in [7, 11) is 0. The van der Waals surface area contributed by atoms with Gasteiger partial charge in [0.05, 0.1) is 0 Å². The van der Waals surface area contributed by atoms with Gasteiger partial charge in [0.2, 0.25) is 0 Å². The molecule has 1 unspecified atom stereocenters. The van der Waals surface area contributed by atoms with E-state index < -0.39 is 0 Å². The van der Waals surface area contributed by atoms with Crippen molar-refractivity contribution in [1.82, 2.24) is 0 Å². The third-order valence-electron chi connectivity index (χ3n) is 3.20. The highest BCUT2D eigenvalue weighted by Gasteiger charge is 2.15. The number of hydrogen-bond acceptors (Lipinski definition) is 2. The van der Waals surface area contributed by atoms with Gasteiger partial charge in [-0.25, -0.2) is 0 Å². The first-order valence-electron chi connectivity index (χ1n) is 6.22. The third kappa shape index (κ3) is 2.76. The van der Waals surface area contributed by atoms with Gasteiger partial charge in [0.25, 0.3) is 0 Å². The first-order chi connectivity index (χ1) is 7.61. The maximum absolute atomic E-state index is 6.02. The van der Waals surface area contributed by atoms with Crippen LogP contribution >= 0.6 is 0 Å². The van der Waals surface area contributed by atoms with Crippen molar-refractivity contribution < 1.29 is 0 Å². The second kappa shape index (κ2) is 5.90. The van der Waals surface area contributed by atoms with E-state index in [1.807, 2.05) is 6.92 Å². The average Bonchev–Trinajstić information content (AvgIpc) is 2.30. The number of rotatable bonds is 5. The fraction of sp³-hybridized carbons (Fsp3) is 0.571. The molecule has 0 bridgehead atoms. The molecule has 1 rings (SSSR count). The van der Waals surface area contributed by atoms with Gasteiger partial charge in [-0.15, -0.1) is 0 Å². The van der Waals surface area contributed by atoms with E-state index in [0.717, 1.165) is 13.0 Å². The largest absolute Gasteiger partial charge is 0.369 e. The summed E-state index contributed by atoms with van der Waals surface area (Å²) in [4.78, 5) is 2.43. The molecule has 2 heteroatoms. The van der Waals surface area contributed by atoms with E-state index in [0.29, 0.717) is 6.04 Å². The Kier molecular flexibility index (Phi) is 4.81. The van der Waals surface area contributed by atoms with Gasteiger partial charge in [0.1, 0.15) is 0 Å². The second-order valence-electron chi connectivity index (χ2n) is 4.39. The standard InChI is InChI=1S/C14H24N2/c1-5-11(3)16(6-2)14-10-8-7-9-13(14)12(4)15/h7-12H,5-6,15H2,1-4H3/t11?,12-/m0/s1. The maximum atomic E-state index is 6.02. The van der Waals surface area contributed by atoms with Crippen molar-refractivity contribution >= 4 is 5.69 Å². The molecule has 0 heterocycles. The molecule has 0 aliphatic rings. The first-order valence-corrected chi connectivity index (χ1v) is 6.22. The zero-order chi connectivity index (χ0) is 12.1. The third-order valence-corrected chi connectivity index (χ3v) is 3.20. The summed E-state index contributed by atoms with van der Waals surface area (Å²) in [5.74, 6) is 0. The van der Waals surface area contributed by atoms with E-state index in [9.17, 15) is 0 Å². The van der Waals surface area contributed by atoms with Crippen molar-refractivity contribution in [2.45, 2.75) is 46.2 Å². The lowest BCUT2D eigenvalue weighted by Gasteiger charge is -2.32. The molecule has 2 atom stereocenters. The minimum absolute atomic E-state index is 0.0920. The molecule has 0 saturated heterocycles. The van der Waals surface area contributed by atoms with Crippen LogP contribution in [0.15, 0.2) is 24.3 Å². The SMILES string of the molecule is CCC(C)N(CC)c1ccccc1[C@H](C)N. The van der Waals surface area contributed by atoms with Crippen LogP contribution in [0.5, 0.6) is 0 Å². The Bertz CT molecular complexity index is 320. The van der Waals surface area contributed by atoms with Crippen molar-refractivity contribution in [3.05, 3.63) is 29.8 Å². The molecule has 0 amide bonds. The van der Waals surface area contributed by atoms with Crippen molar-refractivity contribution in [2.24, 2.45) is 5.73 Å². The number of nitrogens with zero attached hydrogens (tertiary/aromatic N) is 1. The molecule has 0 fully saturated rings. The van der Waals surface area contributed by atoms with E-state index in [1.54, 1.807) is 0 Å². The van der Waals surface area contributed by atoms with Crippen LogP contribution in [0.3, 0.4) is 0 Å². The monoisotopic (exact) mass is 220 g/mol. The Morgan fingerprint density at radius 3 is 2.31 bits per heavy atom. The summed E-state index contributed by atoms with van der Waals surface area (Å²) in [6, 6.07) is 9.11. The Labute approximate surface area is 99.5 Å². The number of para-hydroxylation sites is 1. The summed E-state index contributed by atoms with van der Waals surface area (Å²) < 4.78 is 0. The molecular weight excluding hydrogens is 196 g/mol. The van der Waals surface area contributed by atoms with Gasteiger partial charge in [0, 0.05) is 24.3 Å². The van der Waals surface area contributed by atoms with Gasteiger partial charge in [0.15, 0.2) is 0 Å². The molecule has 0 aliphatic carbocycles. The normalized spacial score (nSPS) is 14.6. The molecule has 90 valence electrons. The topological polar surface area (TPSA) is 29.3 Å². The fourth-order valence-corrected chi connectivity index (χ4v) is 2.07. The van der Waals surface area contributed by atoms with Crippen molar-refractivity contribution in [1.29, 1.82) is 0 Å². The highest BCUT2D eigenvalue weighted by Crippen LogP contribution is 2.27. The maximum Gasteiger partial charge on any atom is 0.0416 e. The minimum atomic E-state index is 0.0920. The molecule has 0 spiro atoms. The molecule has 0 aliphatic heterocycles. The Hall–Kier alpha value is -1.02. The smallest absolute Gasteiger partial charge is 0.0416 e. The molecule has 2 N–H and O–H groups in total. The van der Waals surface area contributed by atoms with Gasteiger partial charge >= 0.3 is 0 Å². The zero-order valence-corrected chi connectivity index (χ0v) is 10.9. The number of anilines is 1.